The molecule has 2 rings (SSSR count). The van der Waals surface area contributed by atoms with Gasteiger partial charge in [-0.3, -0.25) is 19.7 Å². The molecule has 0 saturated heterocycles. The summed E-state index contributed by atoms with van der Waals surface area (Å²) in [6.07, 6.45) is -0.337. The Hall–Kier alpha value is -3.27. The molecule has 1 N–H and O–H groups in total. The smallest absolute Gasteiger partial charge is 0.274 e. The summed E-state index contributed by atoms with van der Waals surface area (Å²) in [5, 5.41) is 12.3. The minimum absolute atomic E-state index is 0.0370. The molecular formula is C21H17ClF4N2O4. The van der Waals surface area contributed by atoms with E-state index >= 15 is 0 Å². The van der Waals surface area contributed by atoms with E-state index in [2.05, 4.69) is 11.9 Å². The van der Waals surface area contributed by atoms with Crippen molar-refractivity contribution < 1.29 is 32.1 Å². The molecule has 0 aliphatic heterocycles. The van der Waals surface area contributed by atoms with Crippen LogP contribution in [0.15, 0.2) is 36.4 Å². The van der Waals surface area contributed by atoms with E-state index in [1.807, 2.05) is 0 Å². The summed E-state index contributed by atoms with van der Waals surface area (Å²) >= 11 is 5.25. The van der Waals surface area contributed by atoms with Crippen molar-refractivity contribution in [3.05, 3.63) is 80.4 Å². The number of Topliss-reactive ketones (excluding diaryl/α,β-unsaturated/α-hetero) is 2. The Morgan fingerprint density at radius 3 is 2.09 bits per heavy atom. The van der Waals surface area contributed by atoms with Gasteiger partial charge >= 0.3 is 0 Å². The number of ketones is 2. The normalized spacial score (nSPS) is 12.7. The second-order valence-electron chi connectivity index (χ2n) is 6.96. The van der Waals surface area contributed by atoms with Crippen LogP contribution in [0.4, 0.5) is 28.9 Å². The lowest BCUT2D eigenvalue weighted by atomic mass is 9.83. The molecule has 0 aliphatic rings. The summed E-state index contributed by atoms with van der Waals surface area (Å²) < 4.78 is 56.9. The van der Waals surface area contributed by atoms with E-state index in [1.54, 1.807) is 0 Å². The average molecular weight is 473 g/mol. The van der Waals surface area contributed by atoms with Crippen LogP contribution in [0.2, 0.25) is 5.02 Å². The standard InChI is InChI=1S/C21H17ClF4N2O4/c1-9(10(2)29)8-13(11(3)30)20(12-6-4-5-7-14(12)28(31)32)27-21-18(25)16(23)15(22)17(24)19(21)26/h4-7,13,20,27H,1,8H2,2-3H3/t13-,20+/m0/s1. The van der Waals surface area contributed by atoms with E-state index in [4.69, 9.17) is 11.6 Å². The summed E-state index contributed by atoms with van der Waals surface area (Å²) in [5.41, 5.74) is -2.08. The van der Waals surface area contributed by atoms with Gasteiger partial charge in [0, 0.05) is 12.0 Å². The molecule has 0 heterocycles. The van der Waals surface area contributed by atoms with Gasteiger partial charge in [-0.2, -0.15) is 0 Å². The Balaban J connectivity index is 2.76. The lowest BCUT2D eigenvalue weighted by molar-refractivity contribution is -0.385. The number of carbonyl (C=O) groups is 2. The monoisotopic (exact) mass is 472 g/mol. The Labute approximate surface area is 185 Å². The Morgan fingerprint density at radius 1 is 1.09 bits per heavy atom. The van der Waals surface area contributed by atoms with E-state index in [-0.39, 0.29) is 17.6 Å². The van der Waals surface area contributed by atoms with Crippen LogP contribution in [0, 0.1) is 39.3 Å². The molecule has 2 aromatic rings. The van der Waals surface area contributed by atoms with Crippen molar-refractivity contribution in [3.63, 3.8) is 0 Å². The second-order valence-corrected chi connectivity index (χ2v) is 7.34. The number of halogens is 5. The van der Waals surface area contributed by atoms with Gasteiger partial charge in [-0.1, -0.05) is 36.4 Å². The van der Waals surface area contributed by atoms with Gasteiger partial charge in [0.2, 0.25) is 0 Å². The summed E-state index contributed by atoms with van der Waals surface area (Å²) in [6, 6.07) is 3.41. The van der Waals surface area contributed by atoms with Crippen LogP contribution in [0.25, 0.3) is 0 Å². The highest BCUT2D eigenvalue weighted by molar-refractivity contribution is 6.31. The lowest BCUT2D eigenvalue weighted by Crippen LogP contribution is -2.29. The van der Waals surface area contributed by atoms with Gasteiger partial charge in [-0.05, 0) is 25.8 Å². The lowest BCUT2D eigenvalue weighted by Gasteiger charge is -2.28. The van der Waals surface area contributed by atoms with Crippen LogP contribution in [-0.4, -0.2) is 16.5 Å². The molecule has 0 aliphatic carbocycles. The van der Waals surface area contributed by atoms with Crippen LogP contribution < -0.4 is 5.32 Å². The average Bonchev–Trinajstić information content (AvgIpc) is 2.74. The number of nitro groups is 1. The van der Waals surface area contributed by atoms with Crippen molar-refractivity contribution in [1.29, 1.82) is 0 Å². The molecule has 32 heavy (non-hydrogen) atoms. The van der Waals surface area contributed by atoms with Crippen LogP contribution in [0.1, 0.15) is 31.9 Å². The van der Waals surface area contributed by atoms with Gasteiger partial charge in [0.1, 0.15) is 16.5 Å². The first-order valence-electron chi connectivity index (χ1n) is 9.08. The molecule has 11 heteroatoms. The number of anilines is 1. The third kappa shape index (κ3) is 4.96. The maximum Gasteiger partial charge on any atom is 0.274 e. The number of para-hydroxylation sites is 1. The molecular weight excluding hydrogens is 456 g/mol. The molecule has 170 valence electrons. The Morgan fingerprint density at radius 2 is 1.62 bits per heavy atom. The highest BCUT2D eigenvalue weighted by Crippen LogP contribution is 2.39. The zero-order valence-electron chi connectivity index (χ0n) is 16.8. The fourth-order valence-corrected chi connectivity index (χ4v) is 3.27. The maximum atomic E-state index is 14.5. The molecule has 0 bridgehead atoms. The summed E-state index contributed by atoms with van der Waals surface area (Å²) in [5.74, 6) is -9.97. The third-order valence-corrected chi connectivity index (χ3v) is 5.20. The predicted octanol–water partition coefficient (Wildman–Crippen LogP) is 5.70. The van der Waals surface area contributed by atoms with Crippen LogP contribution in [0.5, 0.6) is 0 Å². The van der Waals surface area contributed by atoms with Crippen molar-refractivity contribution >= 4 is 34.5 Å². The molecule has 6 nitrogen and oxygen atoms in total. The largest absolute Gasteiger partial charge is 0.372 e. The summed E-state index contributed by atoms with van der Waals surface area (Å²) in [7, 11) is 0. The van der Waals surface area contributed by atoms with Crippen LogP contribution in [0.3, 0.4) is 0 Å². The number of hydrogen-bond acceptors (Lipinski definition) is 5. The van der Waals surface area contributed by atoms with Crippen LogP contribution >= 0.6 is 11.6 Å². The van der Waals surface area contributed by atoms with Crippen LogP contribution in [-0.2, 0) is 9.59 Å². The number of hydrogen-bond donors (Lipinski definition) is 1. The highest BCUT2D eigenvalue weighted by Gasteiger charge is 2.35. The quantitative estimate of drug-likeness (QED) is 0.126. The van der Waals surface area contributed by atoms with Crippen molar-refractivity contribution in [2.75, 3.05) is 5.32 Å². The summed E-state index contributed by atoms with van der Waals surface area (Å²) in [6.45, 7) is 5.81. The number of rotatable bonds is 9. The van der Waals surface area contributed by atoms with E-state index in [9.17, 15) is 37.3 Å². The van der Waals surface area contributed by atoms with Gasteiger partial charge in [-0.25, -0.2) is 17.6 Å². The van der Waals surface area contributed by atoms with Crippen molar-refractivity contribution in [1.82, 2.24) is 0 Å². The van der Waals surface area contributed by atoms with E-state index in [0.29, 0.717) is 0 Å². The second kappa shape index (κ2) is 9.90. The van der Waals surface area contributed by atoms with E-state index in [1.165, 1.54) is 25.1 Å². The van der Waals surface area contributed by atoms with Gasteiger partial charge < -0.3 is 5.32 Å². The number of nitrogens with zero attached hydrogens (tertiary/aromatic N) is 1. The first kappa shape index (κ1) is 25.0. The van der Waals surface area contributed by atoms with Crippen molar-refractivity contribution in [2.24, 2.45) is 5.92 Å². The number of allylic oxidation sites excluding steroid dienone is 1. The molecule has 0 amide bonds. The molecule has 2 aromatic carbocycles. The Bertz CT molecular complexity index is 1090. The molecule has 0 radical (unpaired) electrons. The Kier molecular flexibility index (Phi) is 7.73. The SMILES string of the molecule is C=C(C[C@@H](C(C)=O)[C@H](Nc1c(F)c(F)c(Cl)c(F)c1F)c1ccccc1[N+](=O)[O-])C(C)=O. The topological polar surface area (TPSA) is 89.3 Å². The number of nitrogens with one attached hydrogen (secondary N) is 1. The van der Waals surface area contributed by atoms with Gasteiger partial charge in [-0.15, -0.1) is 0 Å². The highest BCUT2D eigenvalue weighted by atomic mass is 35.5. The minimum Gasteiger partial charge on any atom is -0.372 e. The first-order chi connectivity index (χ1) is 14.9. The van der Waals surface area contributed by atoms with Gasteiger partial charge in [0.15, 0.2) is 29.1 Å². The zero-order chi connectivity index (χ0) is 24.3. The number of nitro benzene ring substituents is 1. The zero-order valence-corrected chi connectivity index (χ0v) is 17.6. The van der Waals surface area contributed by atoms with Gasteiger partial charge in [0.05, 0.1) is 16.5 Å². The first-order valence-corrected chi connectivity index (χ1v) is 9.46. The van der Waals surface area contributed by atoms with Gasteiger partial charge in [0.25, 0.3) is 5.69 Å². The fraction of sp³-hybridized carbons (Fsp3) is 0.238. The predicted molar refractivity (Wildman–Crippen MR) is 109 cm³/mol. The maximum absolute atomic E-state index is 14.5. The molecule has 0 spiro atoms. The van der Waals surface area contributed by atoms with Crippen molar-refractivity contribution in [2.45, 2.75) is 26.3 Å². The fourth-order valence-electron chi connectivity index (χ4n) is 3.10. The number of benzene rings is 2. The van der Waals surface area contributed by atoms with E-state index in [0.717, 1.165) is 13.0 Å². The van der Waals surface area contributed by atoms with E-state index < -0.39 is 68.1 Å². The molecule has 0 saturated carbocycles. The number of carbonyl (C=O) groups excluding carboxylic acids is 2. The molecule has 0 aromatic heterocycles. The third-order valence-electron chi connectivity index (χ3n) is 4.87. The minimum atomic E-state index is -1.89. The summed E-state index contributed by atoms with van der Waals surface area (Å²) in [4.78, 5) is 34.8. The molecule has 0 unspecified atom stereocenters. The van der Waals surface area contributed by atoms with Crippen molar-refractivity contribution in [3.8, 4) is 0 Å². The molecule has 2 atom stereocenters. The molecule has 0 fully saturated rings.